The van der Waals surface area contributed by atoms with E-state index < -0.39 is 196 Å². The first-order valence-corrected chi connectivity index (χ1v) is 48.6. The predicted molar refractivity (Wildman–Crippen MR) is 496 cm³/mol. The largest absolute Gasteiger partial charge is 0.492 e. The Labute approximate surface area is 795 Å². The molecule has 6 amide bonds. The van der Waals surface area contributed by atoms with Crippen molar-refractivity contribution in [3.05, 3.63) is 67.8 Å². The van der Waals surface area contributed by atoms with Gasteiger partial charge in [-0.3, -0.25) is 39.0 Å². The van der Waals surface area contributed by atoms with E-state index in [2.05, 4.69) is 50.5 Å². The number of aliphatic hydroxyl groups excluding tert-OH is 4. The molecule has 0 bridgehead atoms. The van der Waals surface area contributed by atoms with Crippen LogP contribution < -0.4 is 58.4 Å². The average molecular weight is 2020 g/mol. The molecule has 4 heterocycles. The standard InChI is InChI=1S/C91H130IN9O28S3/c1-17-101(88(115)122-43-53-26-28-56(29-27-53)97-82(111)55(24-21-34-96-87(94)114)38-60(104)71(45(2)3)98-83(112)54(36-47(5)102)23-18-19-33-93)59-44-121-66(40-64(59)117-13)127-79-74(109)72(100-129-67-39-61(105)81(52(10)123-67)131-84(113)68-49(7)70(92)77(80(120-16)76(68)118-14)128-85-75(110)78(119-15)73(108)51(9)125-85)50(8)124-86(79)126-63-25-20-22-46(4)30-32-90-58(37-48(6)103)62(106)41-91(90,116)57(69(63)90)31-35-130-132-89(11,12)42-65(107)99-95/h22,26-29,31,45,50-52,54-55,58-59,61,63-64,66-67,69,71-75,78-79,81,85-86,100,105,108-110,116H,17-19,21,23-24,33-44,93,95H2,1-16H3,(H,97,111)(H,98,112)(H,99,107)(H3,94,96,114)/b46-22-,57-31+/t50-,51+,52-,54-,55-,58?,59+,61+,63+,64+,66+,67+,69?,71+,72-,73+,74+,75-,78-,79-,81-,85+,86+,90?,91+/m1/s1. The number of thioether (sulfide) groups is 1. The minimum absolute atomic E-state index is 0.00694. The number of amides is 6. The minimum Gasteiger partial charge on any atom is -0.492 e. The number of nitrogens with two attached hydrogens (primary N) is 3. The number of urea groups is 1. The number of likely N-dealkylation sites (N-methyl/N-ethyl adjacent to an activating group) is 1. The third-order valence-electron chi connectivity index (χ3n) is 24.9. The summed E-state index contributed by atoms with van der Waals surface area (Å²) in [6.45, 7) is 20.2. The van der Waals surface area contributed by atoms with Gasteiger partial charge in [-0.2, -0.15) is 5.48 Å². The minimum atomic E-state index is -1.93. The molecule has 3 unspecified atom stereocenters. The molecule has 0 aromatic heterocycles. The molecule has 0 radical (unpaired) electrons. The lowest BCUT2D eigenvalue weighted by atomic mass is 9.44. The maximum atomic E-state index is 14.7. The van der Waals surface area contributed by atoms with E-state index in [1.54, 1.807) is 91.8 Å². The number of benzene rings is 2. The molecule has 16 N–H and O–H groups in total. The Kier molecular flexibility index (Phi) is 40.5. The van der Waals surface area contributed by atoms with E-state index >= 15 is 0 Å². The van der Waals surface area contributed by atoms with E-state index in [1.165, 1.54) is 68.8 Å². The van der Waals surface area contributed by atoms with Gasteiger partial charge < -0.3 is 124 Å². The number of methoxy groups -OCH3 is 4. The van der Waals surface area contributed by atoms with Crippen LogP contribution in [0.15, 0.2) is 47.6 Å². The first kappa shape index (κ1) is 108. The summed E-state index contributed by atoms with van der Waals surface area (Å²) in [6.07, 6.45) is -15.1. The van der Waals surface area contributed by atoms with Crippen LogP contribution in [0, 0.1) is 69.2 Å². The Morgan fingerprint density at radius 1 is 0.818 bits per heavy atom. The fourth-order valence-corrected chi connectivity index (χ4v) is 22.1. The van der Waals surface area contributed by atoms with Crippen LogP contribution in [0.25, 0.3) is 0 Å². The molecule has 37 nitrogen and oxygen atoms in total. The lowest BCUT2D eigenvalue weighted by Gasteiger charge is -2.60. The fraction of sp³-hybridized carbons (Fsp3) is 0.670. The van der Waals surface area contributed by atoms with Crippen molar-refractivity contribution in [3.8, 4) is 40.9 Å². The second kappa shape index (κ2) is 49.2. The normalized spacial score (nSPS) is 30.5. The van der Waals surface area contributed by atoms with Crippen molar-refractivity contribution in [2.45, 2.75) is 293 Å². The van der Waals surface area contributed by atoms with Crippen LogP contribution in [0.4, 0.5) is 15.3 Å². The van der Waals surface area contributed by atoms with E-state index in [4.69, 9.17) is 79.0 Å². The highest BCUT2D eigenvalue weighted by atomic mass is 127. The second-order valence-electron chi connectivity index (χ2n) is 35.3. The number of nitrogens with one attached hydrogen (secondary N) is 5. The number of ether oxygens (including phenoxy) is 12. The summed E-state index contributed by atoms with van der Waals surface area (Å²) < 4.78 is 74.7. The number of carbonyl (C=O) groups excluding carboxylic acids is 10. The van der Waals surface area contributed by atoms with Crippen LogP contribution in [0.2, 0.25) is 0 Å². The third-order valence-corrected chi connectivity index (χ3v) is 30.7. The Morgan fingerprint density at radius 3 is 2.14 bits per heavy atom. The number of anilines is 1. The highest BCUT2D eigenvalue weighted by Gasteiger charge is 2.78. The maximum absolute atomic E-state index is 14.7. The molecule has 7 aliphatic rings. The van der Waals surface area contributed by atoms with Crippen molar-refractivity contribution in [1.82, 2.24) is 26.4 Å². The number of aliphatic hydroxyl groups is 5. The van der Waals surface area contributed by atoms with Gasteiger partial charge in [0.2, 0.25) is 34.9 Å². The summed E-state index contributed by atoms with van der Waals surface area (Å²) in [5.74, 6) is 11.6. The van der Waals surface area contributed by atoms with Gasteiger partial charge in [0.25, 0.3) is 0 Å². The zero-order chi connectivity index (χ0) is 97.1. The van der Waals surface area contributed by atoms with Crippen molar-refractivity contribution in [3.63, 3.8) is 0 Å². The highest BCUT2D eigenvalue weighted by molar-refractivity contribution is 14.1. The lowest BCUT2D eigenvalue weighted by molar-refractivity contribution is -0.343. The van der Waals surface area contributed by atoms with Crippen molar-refractivity contribution in [1.29, 1.82) is 0 Å². The molecule has 2 saturated carbocycles. The van der Waals surface area contributed by atoms with Gasteiger partial charge in [0.05, 0.1) is 89.3 Å². The SMILES string of the molecule is CCN(C(=O)OCc1ccc(NC(=O)[C@H](CCCNC(N)=O)CC(=O)[C@@H](NC(=O)[C@H](CCCCN)CC(C)=O)C(C)C)cc1)[C@H]1CO[C@@H](O[C@H]2[C@H](O[C@H]3C#C/C=C(/C)C#CC45C(CC(C)=O)C(=O)C[C@]4(O)/C(=C/CSSC(C)(C)CC(=O)NN)C35)O[C@H](C)[C@@H](NO[C@H]3C[C@H](O)[C@H](SC(=O)c4c(C)c(I)c(O[C@@H]5O[C@@H](C)[C@H](O)[C@@H](OC)[C@H]5O)c(OC)c4OC)[C@@H](C)O3)[C@@H]2O)C[C@@H]1OC. The molecule has 41 heteroatoms. The van der Waals surface area contributed by atoms with Crippen LogP contribution in [-0.4, -0.2) is 275 Å². The number of nitrogens with zero attached hydrogens (tertiary/aromatic N) is 1. The molecule has 3 aliphatic carbocycles. The molecule has 732 valence electrons. The summed E-state index contributed by atoms with van der Waals surface area (Å²) in [5, 5.41) is 67.0. The van der Waals surface area contributed by atoms with Gasteiger partial charge in [-0.1, -0.05) is 95.5 Å². The Balaban J connectivity index is 0.935. The molecule has 4 aliphatic heterocycles. The molecule has 9 rings (SSSR count). The van der Waals surface area contributed by atoms with E-state index in [1.807, 2.05) is 36.4 Å². The summed E-state index contributed by atoms with van der Waals surface area (Å²) in [6, 6.07) is 2.70. The monoisotopic (exact) mass is 2020 g/mol. The van der Waals surface area contributed by atoms with Crippen LogP contribution in [-0.2, 0) is 87.6 Å². The van der Waals surface area contributed by atoms with Gasteiger partial charge in [0.15, 0.2) is 36.2 Å². The zero-order valence-electron chi connectivity index (χ0n) is 77.5. The Hall–Kier alpha value is -7.16. The summed E-state index contributed by atoms with van der Waals surface area (Å²) in [5.41, 5.74) is 14.7. The van der Waals surface area contributed by atoms with Crippen LogP contribution in [0.1, 0.15) is 175 Å². The molecule has 2 aromatic carbocycles. The molecular weight excluding hydrogens is 1890 g/mol. The average Bonchev–Trinajstić information content (AvgIpc) is 1.48. The number of Topliss-reactive ketones (excluding diaryl/α,β-unsaturated/α-hetero) is 4. The topological polar surface area (TPSA) is 533 Å². The van der Waals surface area contributed by atoms with E-state index in [0.717, 1.165) is 11.8 Å². The van der Waals surface area contributed by atoms with Crippen LogP contribution in [0.5, 0.6) is 17.2 Å². The maximum Gasteiger partial charge on any atom is 0.410 e. The molecule has 1 spiro atoms. The van der Waals surface area contributed by atoms with E-state index in [0.29, 0.717) is 57.3 Å². The quantitative estimate of drug-likeness (QED) is 0.00532. The number of hydroxylamine groups is 1. The number of rotatable bonds is 45. The van der Waals surface area contributed by atoms with Crippen molar-refractivity contribution in [2.75, 3.05) is 65.7 Å². The number of halogens is 1. The lowest BCUT2D eigenvalue weighted by Crippen LogP contribution is -2.69. The van der Waals surface area contributed by atoms with Crippen LogP contribution >= 0.6 is 55.9 Å². The van der Waals surface area contributed by atoms with Gasteiger partial charge in [-0.05, 0) is 165 Å². The fourth-order valence-electron chi connectivity index (χ4n) is 18.0. The number of carbonyl (C=O) groups is 10. The first-order valence-electron chi connectivity index (χ1n) is 44.3. The molecular formula is C91H130IN9O28S3. The Morgan fingerprint density at radius 2 is 1.51 bits per heavy atom. The van der Waals surface area contributed by atoms with Crippen molar-refractivity contribution >= 4 is 120 Å². The predicted octanol–water partition coefficient (Wildman–Crippen LogP) is 5.95. The third kappa shape index (κ3) is 26.4. The van der Waals surface area contributed by atoms with Gasteiger partial charge in [-0.25, -0.2) is 15.4 Å². The van der Waals surface area contributed by atoms with E-state index in [-0.39, 0.29) is 136 Å². The van der Waals surface area contributed by atoms with Crippen molar-refractivity contribution < 1.29 is 135 Å². The van der Waals surface area contributed by atoms with Gasteiger partial charge in [0.1, 0.15) is 66.2 Å². The molecule has 6 fully saturated rings. The van der Waals surface area contributed by atoms with Gasteiger partial charge in [-0.15, -0.1) is 0 Å². The molecule has 4 saturated heterocycles. The number of ketones is 4. The summed E-state index contributed by atoms with van der Waals surface area (Å²) in [4.78, 5) is 143. The number of hydrazine groups is 1. The smallest absolute Gasteiger partial charge is 0.410 e. The first-order chi connectivity index (χ1) is 62.6. The highest BCUT2D eigenvalue weighted by Crippen LogP contribution is 2.70. The summed E-state index contributed by atoms with van der Waals surface area (Å²) >= 11 is 2.77. The van der Waals surface area contributed by atoms with Gasteiger partial charge in [0, 0.05) is 118 Å². The number of hydrogen-bond acceptors (Lipinski definition) is 34. The molecule has 132 heavy (non-hydrogen) atoms. The molecule has 2 aromatic rings. The molecule has 25 atom stereocenters. The van der Waals surface area contributed by atoms with Gasteiger partial charge >= 0.3 is 12.1 Å². The number of hydrogen-bond donors (Lipinski definition) is 13. The zero-order valence-corrected chi connectivity index (χ0v) is 82.1. The Bertz CT molecular complexity index is 4600. The van der Waals surface area contributed by atoms with Crippen molar-refractivity contribution in [2.24, 2.45) is 52.3 Å². The number of allylic oxidation sites excluding steroid dienone is 2. The van der Waals surface area contributed by atoms with E-state index in [9.17, 15) is 73.5 Å². The number of unbranched alkanes of at least 4 members (excludes halogenated alkanes) is 1. The number of primary amides is 1. The van der Waals surface area contributed by atoms with Crippen LogP contribution in [0.3, 0.4) is 0 Å². The summed E-state index contributed by atoms with van der Waals surface area (Å²) in [7, 11) is 8.24. The second-order valence-corrected chi connectivity index (χ2v) is 40.6.